The number of rotatable bonds is 2. The molecule has 2 N–H and O–H groups in total. The predicted octanol–water partition coefficient (Wildman–Crippen LogP) is 1.81. The summed E-state index contributed by atoms with van der Waals surface area (Å²) in [4.78, 5) is 8.90. The van der Waals surface area contributed by atoms with Gasteiger partial charge in [-0.25, -0.2) is 9.18 Å². The smallest absolute Gasteiger partial charge is 0.488 e. The average Bonchev–Trinajstić information content (AvgIpc) is 2.25. The monoisotopic (exact) mass is 281 g/mol. The van der Waals surface area contributed by atoms with Crippen LogP contribution in [0.25, 0.3) is 0 Å². The van der Waals surface area contributed by atoms with Crippen LogP contribution in [0.1, 0.15) is 0 Å². The molecular weight excluding hydrogens is 270 g/mol. The number of carboxylic acids is 1. The van der Waals surface area contributed by atoms with Gasteiger partial charge >= 0.3 is 12.1 Å². The molecule has 1 saturated heterocycles. The lowest BCUT2D eigenvalue weighted by Gasteiger charge is -2.27. The van der Waals surface area contributed by atoms with Gasteiger partial charge in [-0.3, -0.25) is 0 Å². The largest absolute Gasteiger partial charge is 0.490 e. The van der Waals surface area contributed by atoms with Gasteiger partial charge in [-0.2, -0.15) is 13.2 Å². The molecule has 1 fully saturated rings. The minimum absolute atomic E-state index is 0.228. The first-order valence-corrected chi connectivity index (χ1v) is 5.22. The van der Waals surface area contributed by atoms with Crippen molar-refractivity contribution in [3.63, 3.8) is 0 Å². The van der Waals surface area contributed by atoms with Crippen LogP contribution >= 0.6 is 0 Å². The summed E-state index contributed by atoms with van der Waals surface area (Å²) < 4.78 is 49.7. The molecule has 1 heterocycles. The van der Waals surface area contributed by atoms with E-state index >= 15 is 0 Å². The maximum atomic E-state index is 12.5. The fraction of sp³-hybridized carbons (Fsp3) is 0.364. The first-order chi connectivity index (χ1) is 8.79. The minimum Gasteiger partial charge on any atom is -0.488 e. The zero-order chi connectivity index (χ0) is 14.5. The van der Waals surface area contributed by atoms with E-state index in [-0.39, 0.29) is 11.9 Å². The zero-order valence-electron chi connectivity index (χ0n) is 9.58. The van der Waals surface area contributed by atoms with Gasteiger partial charge in [0.2, 0.25) is 0 Å². The van der Waals surface area contributed by atoms with Crippen LogP contribution < -0.4 is 10.1 Å². The molecule has 0 unspecified atom stereocenters. The van der Waals surface area contributed by atoms with Crippen LogP contribution in [0.4, 0.5) is 17.6 Å². The number of carboxylic acid groups (broad SMARTS) is 1. The summed E-state index contributed by atoms with van der Waals surface area (Å²) in [6.07, 6.45) is -4.82. The Morgan fingerprint density at radius 2 is 1.74 bits per heavy atom. The molecular formula is C11H11F4NO3. The Kier molecular flexibility index (Phi) is 5.11. The molecule has 0 amide bonds. The van der Waals surface area contributed by atoms with E-state index in [1.54, 1.807) is 12.1 Å². The highest BCUT2D eigenvalue weighted by atomic mass is 19.4. The first-order valence-electron chi connectivity index (χ1n) is 5.22. The fourth-order valence-electron chi connectivity index (χ4n) is 1.05. The molecule has 0 spiro atoms. The third-order valence-corrected chi connectivity index (χ3v) is 2.10. The summed E-state index contributed by atoms with van der Waals surface area (Å²) in [5, 5.41) is 10.2. The topological polar surface area (TPSA) is 58.6 Å². The van der Waals surface area contributed by atoms with Gasteiger partial charge in [0.25, 0.3) is 0 Å². The highest BCUT2D eigenvalue weighted by Gasteiger charge is 2.38. The maximum Gasteiger partial charge on any atom is 0.490 e. The van der Waals surface area contributed by atoms with Gasteiger partial charge < -0.3 is 15.2 Å². The molecule has 4 nitrogen and oxygen atoms in total. The van der Waals surface area contributed by atoms with E-state index < -0.39 is 12.1 Å². The molecule has 8 heteroatoms. The average molecular weight is 281 g/mol. The van der Waals surface area contributed by atoms with Crippen molar-refractivity contribution in [1.29, 1.82) is 0 Å². The molecule has 0 radical (unpaired) electrons. The number of aliphatic carboxylic acids is 1. The van der Waals surface area contributed by atoms with Gasteiger partial charge in [0.05, 0.1) is 0 Å². The fourth-order valence-corrected chi connectivity index (χ4v) is 1.05. The van der Waals surface area contributed by atoms with Crippen LogP contribution in [0.2, 0.25) is 0 Å². The minimum atomic E-state index is -5.08. The van der Waals surface area contributed by atoms with E-state index in [0.717, 1.165) is 18.8 Å². The number of alkyl halides is 3. The highest BCUT2D eigenvalue weighted by molar-refractivity contribution is 5.73. The number of carbonyl (C=O) groups is 1. The van der Waals surface area contributed by atoms with Crippen LogP contribution in [0.5, 0.6) is 5.75 Å². The van der Waals surface area contributed by atoms with E-state index in [9.17, 15) is 17.6 Å². The lowest BCUT2D eigenvalue weighted by atomic mass is 10.2. The second kappa shape index (κ2) is 6.37. The van der Waals surface area contributed by atoms with Gasteiger partial charge in [-0.1, -0.05) is 0 Å². The molecule has 2 rings (SSSR count). The van der Waals surface area contributed by atoms with Crippen LogP contribution in [0.15, 0.2) is 24.3 Å². The molecule has 0 aliphatic carbocycles. The van der Waals surface area contributed by atoms with Crippen molar-refractivity contribution in [2.45, 2.75) is 12.3 Å². The Morgan fingerprint density at radius 1 is 1.26 bits per heavy atom. The van der Waals surface area contributed by atoms with Crippen molar-refractivity contribution in [3.05, 3.63) is 30.1 Å². The molecule has 1 aliphatic heterocycles. The molecule has 0 aromatic heterocycles. The van der Waals surface area contributed by atoms with E-state index in [0.29, 0.717) is 0 Å². The second-order valence-electron chi connectivity index (χ2n) is 3.65. The number of ether oxygens (including phenoxy) is 1. The van der Waals surface area contributed by atoms with Gasteiger partial charge in [-0.15, -0.1) is 0 Å². The molecule has 106 valence electrons. The molecule has 1 aromatic carbocycles. The third-order valence-electron chi connectivity index (χ3n) is 2.10. The van der Waals surface area contributed by atoms with Crippen LogP contribution in [-0.4, -0.2) is 36.4 Å². The summed E-state index contributed by atoms with van der Waals surface area (Å²) in [5.41, 5.74) is 0. The van der Waals surface area contributed by atoms with Gasteiger partial charge in [0, 0.05) is 13.1 Å². The van der Waals surface area contributed by atoms with Crippen LogP contribution in [-0.2, 0) is 4.79 Å². The van der Waals surface area contributed by atoms with E-state index in [2.05, 4.69) is 5.32 Å². The summed E-state index contributed by atoms with van der Waals surface area (Å²) >= 11 is 0. The summed E-state index contributed by atoms with van der Waals surface area (Å²) in [7, 11) is 0. The molecule has 0 saturated carbocycles. The predicted molar refractivity (Wildman–Crippen MR) is 57.4 cm³/mol. The summed E-state index contributed by atoms with van der Waals surface area (Å²) in [5.74, 6) is -2.25. The van der Waals surface area contributed by atoms with E-state index in [1.807, 2.05) is 0 Å². The summed E-state index contributed by atoms with van der Waals surface area (Å²) in [6, 6.07) is 6.10. The van der Waals surface area contributed by atoms with E-state index in [4.69, 9.17) is 14.6 Å². The standard InChI is InChI=1S/C9H10FNO.C2HF3O2/c10-7-1-3-8(4-2-7)12-9-5-11-6-9;3-2(4,5)1(6)7/h1-4,9,11H,5-6H2;(H,6,7). The van der Waals surface area contributed by atoms with Crippen molar-refractivity contribution in [3.8, 4) is 5.75 Å². The highest BCUT2D eigenvalue weighted by Crippen LogP contribution is 2.14. The third kappa shape index (κ3) is 5.56. The lowest BCUT2D eigenvalue weighted by Crippen LogP contribution is -2.50. The summed E-state index contributed by atoms with van der Waals surface area (Å²) in [6.45, 7) is 1.77. The number of hydrogen-bond donors (Lipinski definition) is 2. The van der Waals surface area contributed by atoms with Crippen molar-refractivity contribution in [1.82, 2.24) is 5.32 Å². The zero-order valence-corrected chi connectivity index (χ0v) is 9.58. The number of nitrogens with one attached hydrogen (secondary N) is 1. The Morgan fingerprint density at radius 3 is 2.05 bits per heavy atom. The van der Waals surface area contributed by atoms with Gasteiger partial charge in [-0.05, 0) is 24.3 Å². The maximum absolute atomic E-state index is 12.5. The normalized spacial score (nSPS) is 14.9. The van der Waals surface area contributed by atoms with Crippen molar-refractivity contribution in [2.24, 2.45) is 0 Å². The first kappa shape index (κ1) is 15.2. The second-order valence-corrected chi connectivity index (χ2v) is 3.65. The number of benzene rings is 1. The Balaban J connectivity index is 0.000000224. The van der Waals surface area contributed by atoms with Gasteiger partial charge in [0.15, 0.2) is 0 Å². The Bertz CT molecular complexity index is 415. The van der Waals surface area contributed by atoms with Crippen molar-refractivity contribution in [2.75, 3.05) is 13.1 Å². The van der Waals surface area contributed by atoms with Crippen molar-refractivity contribution >= 4 is 5.97 Å². The molecule has 0 atom stereocenters. The lowest BCUT2D eigenvalue weighted by molar-refractivity contribution is -0.192. The Hall–Kier alpha value is -1.83. The number of hydrogen-bond acceptors (Lipinski definition) is 3. The Labute approximate surface area is 106 Å². The van der Waals surface area contributed by atoms with Crippen LogP contribution in [0, 0.1) is 5.82 Å². The quantitative estimate of drug-likeness (QED) is 0.812. The van der Waals surface area contributed by atoms with Crippen molar-refractivity contribution < 1.29 is 32.2 Å². The number of halogens is 4. The molecule has 0 bridgehead atoms. The molecule has 19 heavy (non-hydrogen) atoms. The molecule has 1 aromatic rings. The SMILES string of the molecule is Fc1ccc(OC2CNC2)cc1.O=C(O)C(F)(F)F. The molecule has 1 aliphatic rings. The van der Waals surface area contributed by atoms with Crippen LogP contribution in [0.3, 0.4) is 0 Å². The van der Waals surface area contributed by atoms with Gasteiger partial charge in [0.1, 0.15) is 17.7 Å². The van der Waals surface area contributed by atoms with E-state index in [1.165, 1.54) is 12.1 Å².